The van der Waals surface area contributed by atoms with Crippen LogP contribution in [-0.2, 0) is 26.7 Å². The van der Waals surface area contributed by atoms with E-state index in [0.29, 0.717) is 31.4 Å². The van der Waals surface area contributed by atoms with E-state index in [1.54, 1.807) is 0 Å². The van der Waals surface area contributed by atoms with Crippen molar-refractivity contribution in [1.29, 1.82) is 0 Å². The summed E-state index contributed by atoms with van der Waals surface area (Å²) in [5.41, 5.74) is -4.36. The van der Waals surface area contributed by atoms with Gasteiger partial charge in [-0.1, -0.05) is 26.8 Å². The predicted octanol–water partition coefficient (Wildman–Crippen LogP) is 7.25. The minimum Gasteiger partial charge on any atom is -0.458 e. The summed E-state index contributed by atoms with van der Waals surface area (Å²) in [5, 5.41) is 2.34. The van der Waals surface area contributed by atoms with Gasteiger partial charge in [0.05, 0.1) is 16.8 Å². The Kier molecular flexibility index (Phi) is 6.23. The van der Waals surface area contributed by atoms with Crippen LogP contribution in [-0.4, -0.2) is 18.0 Å². The number of carbonyl (C=O) groups is 2. The molecule has 0 unspecified atom stereocenters. The van der Waals surface area contributed by atoms with Crippen molar-refractivity contribution < 1.29 is 40.7 Å². The number of hydrogen-bond acceptors (Lipinski definition) is 3. The standard InChI is InChI=1S/C28H31F6NO3/c1-14-12-21-26(3,11-9-22(36)38-21)17-8-10-25(2)16(23(14)17)5-6-18(25)24(37)35-20-7-4-15(27(29,30)31)13-19(20)28(32,33)34/h4,7,9,11,13-14,16-18,21,23H,5-6,8,10,12H2,1-3H3,(H,35,37)/t14-,16-,17-,18+,21+,23-,25-,26+/m0/s1. The number of fused-ring (bicyclic) bond motifs is 5. The molecule has 1 N–H and O–H groups in total. The normalized spacial score (nSPS) is 38.6. The Hall–Kier alpha value is -2.52. The highest BCUT2D eigenvalue weighted by atomic mass is 19.4. The molecular formula is C28H31F6NO3. The van der Waals surface area contributed by atoms with E-state index in [2.05, 4.69) is 19.2 Å². The zero-order valence-corrected chi connectivity index (χ0v) is 21.4. The summed E-state index contributed by atoms with van der Waals surface area (Å²) in [6.07, 6.45) is -3.33. The first-order chi connectivity index (χ1) is 17.6. The van der Waals surface area contributed by atoms with Gasteiger partial charge >= 0.3 is 18.3 Å². The first kappa shape index (κ1) is 27.1. The highest BCUT2D eigenvalue weighted by Gasteiger charge is 2.63. The summed E-state index contributed by atoms with van der Waals surface area (Å²) in [7, 11) is 0. The molecular weight excluding hydrogens is 512 g/mol. The molecule has 208 valence electrons. The van der Waals surface area contributed by atoms with Crippen molar-refractivity contribution >= 4 is 17.6 Å². The highest BCUT2D eigenvalue weighted by molar-refractivity contribution is 5.94. The summed E-state index contributed by atoms with van der Waals surface area (Å²) in [4.78, 5) is 25.3. The van der Waals surface area contributed by atoms with E-state index in [4.69, 9.17) is 4.74 Å². The maximum Gasteiger partial charge on any atom is 0.418 e. The molecule has 0 bridgehead atoms. The minimum absolute atomic E-state index is 0.0469. The van der Waals surface area contributed by atoms with Crippen LogP contribution in [0.4, 0.5) is 32.0 Å². The van der Waals surface area contributed by atoms with Gasteiger partial charge in [-0.2, -0.15) is 26.3 Å². The number of ether oxygens (including phenoxy) is 1. The Labute approximate surface area is 217 Å². The number of rotatable bonds is 2. The van der Waals surface area contributed by atoms with Gasteiger partial charge in [-0.25, -0.2) is 4.79 Å². The lowest BCUT2D eigenvalue weighted by atomic mass is 9.46. The van der Waals surface area contributed by atoms with Crippen LogP contribution in [0.3, 0.4) is 0 Å². The molecule has 0 spiro atoms. The van der Waals surface area contributed by atoms with Gasteiger partial charge < -0.3 is 10.1 Å². The molecule has 4 nitrogen and oxygen atoms in total. The third-order valence-electron chi connectivity index (χ3n) is 10.1. The molecule has 0 radical (unpaired) electrons. The summed E-state index contributed by atoms with van der Waals surface area (Å²) in [5.74, 6) is -0.593. The lowest BCUT2D eigenvalue weighted by Gasteiger charge is -2.60. The van der Waals surface area contributed by atoms with E-state index in [9.17, 15) is 35.9 Å². The molecule has 10 heteroatoms. The number of halogens is 6. The zero-order valence-electron chi connectivity index (χ0n) is 21.4. The van der Waals surface area contributed by atoms with Gasteiger partial charge in [0.2, 0.25) is 5.91 Å². The molecule has 1 aromatic rings. The number of alkyl halides is 6. The minimum atomic E-state index is -5.06. The SMILES string of the molecule is C[C@H]1C[C@H]2OC(=O)C=C[C@]2(C)[C@H]2CC[C@]3(C)[C@@H](C(=O)Nc4ccc(C(F)(F)F)cc4C(F)(F)F)CC[C@H]3[C@H]12. The molecule has 0 aromatic heterocycles. The first-order valence-corrected chi connectivity index (χ1v) is 13.0. The average Bonchev–Trinajstić information content (AvgIpc) is 3.16. The summed E-state index contributed by atoms with van der Waals surface area (Å²) in [6.45, 7) is 6.29. The van der Waals surface area contributed by atoms with Crippen LogP contribution >= 0.6 is 0 Å². The second-order valence-corrected chi connectivity index (χ2v) is 12.0. The smallest absolute Gasteiger partial charge is 0.418 e. The van der Waals surface area contributed by atoms with Gasteiger partial charge in [0.1, 0.15) is 6.10 Å². The number of carbonyl (C=O) groups excluding carboxylic acids is 2. The third-order valence-corrected chi connectivity index (χ3v) is 10.1. The Morgan fingerprint density at radius 1 is 1.03 bits per heavy atom. The maximum atomic E-state index is 13.7. The van der Waals surface area contributed by atoms with E-state index in [1.165, 1.54) is 6.08 Å². The largest absolute Gasteiger partial charge is 0.458 e. The van der Waals surface area contributed by atoms with E-state index < -0.39 is 46.4 Å². The second kappa shape index (κ2) is 8.74. The van der Waals surface area contributed by atoms with Gasteiger partial charge in [-0.3, -0.25) is 4.79 Å². The third kappa shape index (κ3) is 4.22. The van der Waals surface area contributed by atoms with Crippen LogP contribution in [0.2, 0.25) is 0 Å². The molecule has 3 saturated carbocycles. The Balaban J connectivity index is 1.41. The van der Waals surface area contributed by atoms with Crippen molar-refractivity contribution in [1.82, 2.24) is 0 Å². The molecule has 1 aromatic carbocycles. The van der Waals surface area contributed by atoms with E-state index >= 15 is 0 Å². The number of amides is 1. The van der Waals surface area contributed by atoms with Gasteiger partial charge in [0.15, 0.2) is 0 Å². The summed E-state index contributed by atoms with van der Waals surface area (Å²) < 4.78 is 85.9. The molecule has 1 heterocycles. The van der Waals surface area contributed by atoms with E-state index in [0.717, 1.165) is 12.8 Å². The molecule has 38 heavy (non-hydrogen) atoms. The Morgan fingerprint density at radius 3 is 2.39 bits per heavy atom. The number of nitrogens with one attached hydrogen (secondary N) is 1. The molecule has 4 aliphatic rings. The second-order valence-electron chi connectivity index (χ2n) is 12.0. The molecule has 8 atom stereocenters. The predicted molar refractivity (Wildman–Crippen MR) is 127 cm³/mol. The van der Waals surface area contributed by atoms with Crippen LogP contribution in [0.5, 0.6) is 0 Å². The van der Waals surface area contributed by atoms with Crippen molar-refractivity contribution in [3.05, 3.63) is 41.5 Å². The van der Waals surface area contributed by atoms with Crippen LogP contribution < -0.4 is 5.32 Å². The molecule has 5 rings (SSSR count). The highest BCUT2D eigenvalue weighted by Crippen LogP contribution is 2.66. The zero-order chi connectivity index (χ0) is 27.8. The maximum absolute atomic E-state index is 13.7. The summed E-state index contributed by atoms with van der Waals surface area (Å²) >= 11 is 0. The van der Waals surface area contributed by atoms with Crippen molar-refractivity contribution in [2.45, 2.75) is 71.3 Å². The first-order valence-electron chi connectivity index (χ1n) is 13.0. The van der Waals surface area contributed by atoms with Crippen LogP contribution in [0, 0.1) is 40.4 Å². The monoisotopic (exact) mass is 543 g/mol. The molecule has 3 aliphatic carbocycles. The lowest BCUT2D eigenvalue weighted by molar-refractivity contribution is -0.175. The van der Waals surface area contributed by atoms with Gasteiger partial charge in [-0.05, 0) is 79.4 Å². The number of benzene rings is 1. The fourth-order valence-corrected chi connectivity index (χ4v) is 8.25. The van der Waals surface area contributed by atoms with E-state index in [1.807, 2.05) is 13.0 Å². The van der Waals surface area contributed by atoms with Crippen LogP contribution in [0.15, 0.2) is 30.4 Å². The van der Waals surface area contributed by atoms with Gasteiger partial charge in [0, 0.05) is 17.4 Å². The average molecular weight is 544 g/mol. The quantitative estimate of drug-likeness (QED) is 0.316. The number of esters is 1. The van der Waals surface area contributed by atoms with Crippen molar-refractivity contribution in [3.63, 3.8) is 0 Å². The Morgan fingerprint density at radius 2 is 1.74 bits per heavy atom. The van der Waals surface area contributed by atoms with Crippen molar-refractivity contribution in [2.75, 3.05) is 5.32 Å². The number of hydrogen-bond donors (Lipinski definition) is 1. The molecule has 3 fully saturated rings. The van der Waals surface area contributed by atoms with Crippen molar-refractivity contribution in [3.8, 4) is 0 Å². The molecule has 1 amide bonds. The lowest BCUT2D eigenvalue weighted by Crippen LogP contribution is -2.58. The fourth-order valence-electron chi connectivity index (χ4n) is 8.25. The van der Waals surface area contributed by atoms with Gasteiger partial charge in [-0.15, -0.1) is 0 Å². The Bertz CT molecular complexity index is 1180. The van der Waals surface area contributed by atoms with Gasteiger partial charge in [0.25, 0.3) is 0 Å². The number of anilines is 1. The van der Waals surface area contributed by atoms with Crippen LogP contribution in [0.1, 0.15) is 64.0 Å². The van der Waals surface area contributed by atoms with Crippen molar-refractivity contribution in [2.24, 2.45) is 40.4 Å². The fraction of sp³-hybridized carbons (Fsp3) is 0.643. The van der Waals surface area contributed by atoms with Crippen LogP contribution in [0.25, 0.3) is 0 Å². The van der Waals surface area contributed by atoms with E-state index in [-0.39, 0.29) is 47.2 Å². The topological polar surface area (TPSA) is 55.4 Å². The summed E-state index contributed by atoms with van der Waals surface area (Å²) in [6, 6.07) is 1.29. The molecule has 1 aliphatic heterocycles. The molecule has 0 saturated heterocycles.